The lowest BCUT2D eigenvalue weighted by Gasteiger charge is -1.96. The Kier molecular flexibility index (Phi) is 3.54. The highest BCUT2D eigenvalue weighted by molar-refractivity contribution is 7.83. The minimum absolute atomic E-state index is 0.614. The van der Waals surface area contributed by atoms with Crippen LogP contribution < -0.4 is 0 Å². The summed E-state index contributed by atoms with van der Waals surface area (Å²) in [5, 5.41) is 0. The van der Waals surface area contributed by atoms with Crippen LogP contribution in [0.5, 0.6) is 0 Å². The molecule has 0 aliphatic carbocycles. The van der Waals surface area contributed by atoms with Crippen LogP contribution in [0.15, 0.2) is 50.1 Å². The van der Waals surface area contributed by atoms with Gasteiger partial charge in [-0.15, -0.1) is 0 Å². The third-order valence-electron chi connectivity index (χ3n) is 2.26. The molecule has 88 valence electrons. The quantitative estimate of drug-likeness (QED) is 0.782. The second kappa shape index (κ2) is 5.10. The number of aryl methyl sites for hydroxylation is 2. The molecule has 0 fully saturated rings. The number of rotatable bonds is 3. The van der Waals surface area contributed by atoms with Crippen LogP contribution in [-0.4, -0.2) is 10.4 Å². The zero-order valence-corrected chi connectivity index (χ0v) is 10.5. The second-order valence-electron chi connectivity index (χ2n) is 3.75. The minimum Gasteiger partial charge on any atom is -0.460 e. The average Bonchev–Trinajstić information content (AvgIpc) is 2.73. The van der Waals surface area contributed by atoms with Gasteiger partial charge in [0.1, 0.15) is 11.5 Å². The van der Waals surface area contributed by atoms with Gasteiger partial charge in [-0.05, 0) is 38.1 Å². The van der Waals surface area contributed by atoms with Gasteiger partial charge in [-0.3, -0.25) is 0 Å². The Labute approximate surface area is 103 Å². The summed E-state index contributed by atoms with van der Waals surface area (Å²) in [4.78, 5) is 0.690. The fourth-order valence-corrected chi connectivity index (χ4v) is 2.03. The molecule has 0 aliphatic heterocycles. The molecule has 1 atom stereocenters. The lowest BCUT2D eigenvalue weighted by molar-refractivity contribution is 0.528. The Balaban J connectivity index is 2.11. The molecule has 0 saturated heterocycles. The monoisotopic (exact) mass is 247 g/mol. The Morgan fingerprint density at radius 1 is 1.12 bits per heavy atom. The van der Waals surface area contributed by atoms with Crippen molar-refractivity contribution in [1.82, 2.24) is 0 Å². The van der Waals surface area contributed by atoms with E-state index in [0.717, 1.165) is 11.3 Å². The third kappa shape index (κ3) is 3.14. The Morgan fingerprint density at radius 2 is 1.82 bits per heavy atom. The maximum atomic E-state index is 11.8. The van der Waals surface area contributed by atoms with Gasteiger partial charge in [0.2, 0.25) is 0 Å². The molecule has 0 amide bonds. The lowest BCUT2D eigenvalue weighted by atomic mass is 10.2. The number of hydrogen-bond acceptors (Lipinski definition) is 2. The molecule has 0 unspecified atom stereocenters. The largest absolute Gasteiger partial charge is 0.460 e. The van der Waals surface area contributed by atoms with Crippen molar-refractivity contribution in [3.63, 3.8) is 0 Å². The predicted octanol–water partition coefficient (Wildman–Crippen LogP) is 3.04. The molecule has 0 aliphatic rings. The summed E-state index contributed by atoms with van der Waals surface area (Å²) in [5.74, 6) is 1.43. The van der Waals surface area contributed by atoms with Crippen molar-refractivity contribution in [3.05, 3.63) is 53.5 Å². The van der Waals surface area contributed by atoms with Gasteiger partial charge in [-0.2, -0.15) is 4.40 Å². The van der Waals surface area contributed by atoms with Crippen LogP contribution in [0, 0.1) is 13.8 Å². The molecule has 17 heavy (non-hydrogen) atoms. The summed E-state index contributed by atoms with van der Waals surface area (Å²) in [6.07, 6.45) is 1.49. The van der Waals surface area contributed by atoms with Crippen molar-refractivity contribution in [1.29, 1.82) is 0 Å². The molecule has 1 aromatic carbocycles. The summed E-state index contributed by atoms with van der Waals surface area (Å²) < 4.78 is 21.1. The summed E-state index contributed by atoms with van der Waals surface area (Å²) in [5.41, 5.74) is 1.14. The highest BCUT2D eigenvalue weighted by Gasteiger charge is 2.01. The fraction of sp³-hybridized carbons (Fsp3) is 0.154. The zero-order chi connectivity index (χ0) is 12.3. The molecule has 0 spiro atoms. The van der Waals surface area contributed by atoms with Crippen LogP contribution in [0.25, 0.3) is 0 Å². The van der Waals surface area contributed by atoms with Gasteiger partial charge in [0.15, 0.2) is 11.0 Å². The van der Waals surface area contributed by atoms with Crippen LogP contribution in [0.3, 0.4) is 0 Å². The third-order valence-corrected chi connectivity index (χ3v) is 3.23. The molecule has 0 bridgehead atoms. The predicted molar refractivity (Wildman–Crippen MR) is 68.6 cm³/mol. The van der Waals surface area contributed by atoms with Gasteiger partial charge in [0.25, 0.3) is 0 Å². The Hall–Kier alpha value is -1.68. The van der Waals surface area contributed by atoms with E-state index in [1.165, 1.54) is 6.21 Å². The normalized spacial score (nSPS) is 13.1. The first kappa shape index (κ1) is 11.8. The van der Waals surface area contributed by atoms with Crippen molar-refractivity contribution in [2.75, 3.05) is 0 Å². The summed E-state index contributed by atoms with van der Waals surface area (Å²) in [6, 6.07) is 11.1. The van der Waals surface area contributed by atoms with E-state index in [2.05, 4.69) is 4.40 Å². The summed E-state index contributed by atoms with van der Waals surface area (Å²) >= 11 is 0. The van der Waals surface area contributed by atoms with E-state index in [9.17, 15) is 4.21 Å². The highest BCUT2D eigenvalue weighted by atomic mass is 32.2. The molecule has 2 aromatic rings. The first-order chi connectivity index (χ1) is 8.15. The van der Waals surface area contributed by atoms with E-state index in [0.29, 0.717) is 10.7 Å². The van der Waals surface area contributed by atoms with Gasteiger partial charge in [0, 0.05) is 0 Å². The highest BCUT2D eigenvalue weighted by Crippen LogP contribution is 2.10. The van der Waals surface area contributed by atoms with Crippen LogP contribution >= 0.6 is 0 Å². The standard InChI is InChI=1S/C13H13NO2S/c1-10-3-7-13(8-4-10)17(15)14-9-12-6-5-11(2)16-12/h3-9H,1-2H3/b14-9+/t17-/m1/s1. The second-order valence-corrected chi connectivity index (χ2v) is 4.93. The van der Waals surface area contributed by atoms with E-state index in [1.807, 2.05) is 44.2 Å². The van der Waals surface area contributed by atoms with E-state index in [4.69, 9.17) is 4.42 Å². The molecule has 1 heterocycles. The maximum Gasteiger partial charge on any atom is 0.172 e. The van der Waals surface area contributed by atoms with Crippen LogP contribution in [0.1, 0.15) is 17.1 Å². The SMILES string of the molecule is Cc1ccc([S@@](=O)/N=C/c2ccc(C)o2)cc1. The van der Waals surface area contributed by atoms with Crippen LogP contribution in [-0.2, 0) is 11.0 Å². The van der Waals surface area contributed by atoms with Gasteiger partial charge in [-0.25, -0.2) is 4.21 Å². The van der Waals surface area contributed by atoms with Crippen LogP contribution in [0.2, 0.25) is 0 Å². The average molecular weight is 247 g/mol. The van der Waals surface area contributed by atoms with E-state index >= 15 is 0 Å². The van der Waals surface area contributed by atoms with Crippen molar-refractivity contribution in [2.24, 2.45) is 4.40 Å². The molecule has 0 N–H and O–H groups in total. The molecule has 4 heteroatoms. The lowest BCUT2D eigenvalue weighted by Crippen LogP contribution is -1.88. The minimum atomic E-state index is -1.37. The number of benzene rings is 1. The van der Waals surface area contributed by atoms with E-state index < -0.39 is 11.0 Å². The molecule has 0 saturated carbocycles. The first-order valence-electron chi connectivity index (χ1n) is 5.24. The van der Waals surface area contributed by atoms with Gasteiger partial charge in [0.05, 0.1) is 11.1 Å². The molecule has 3 nitrogen and oxygen atoms in total. The van der Waals surface area contributed by atoms with Crippen molar-refractivity contribution >= 4 is 17.2 Å². The Morgan fingerprint density at radius 3 is 2.41 bits per heavy atom. The molecular formula is C13H13NO2S. The van der Waals surface area contributed by atoms with E-state index in [1.54, 1.807) is 6.07 Å². The van der Waals surface area contributed by atoms with Gasteiger partial charge >= 0.3 is 0 Å². The van der Waals surface area contributed by atoms with Crippen molar-refractivity contribution < 1.29 is 8.63 Å². The van der Waals surface area contributed by atoms with Crippen molar-refractivity contribution in [3.8, 4) is 0 Å². The van der Waals surface area contributed by atoms with Crippen molar-refractivity contribution in [2.45, 2.75) is 18.7 Å². The maximum absolute atomic E-state index is 11.8. The summed E-state index contributed by atoms with van der Waals surface area (Å²) in [7, 11) is -1.37. The van der Waals surface area contributed by atoms with E-state index in [-0.39, 0.29) is 0 Å². The fourth-order valence-electron chi connectivity index (χ4n) is 1.34. The topological polar surface area (TPSA) is 42.6 Å². The molecule has 1 aromatic heterocycles. The van der Waals surface area contributed by atoms with Gasteiger partial charge in [-0.1, -0.05) is 17.7 Å². The van der Waals surface area contributed by atoms with Crippen LogP contribution in [0.4, 0.5) is 0 Å². The number of nitrogens with zero attached hydrogens (tertiary/aromatic N) is 1. The first-order valence-corrected chi connectivity index (χ1v) is 6.35. The van der Waals surface area contributed by atoms with Gasteiger partial charge < -0.3 is 4.42 Å². The number of hydrogen-bond donors (Lipinski definition) is 0. The smallest absolute Gasteiger partial charge is 0.172 e. The zero-order valence-electron chi connectivity index (χ0n) is 9.71. The number of furan rings is 1. The molecular weight excluding hydrogens is 234 g/mol. The molecule has 0 radical (unpaired) electrons. The summed E-state index contributed by atoms with van der Waals surface area (Å²) in [6.45, 7) is 3.84. The molecule has 2 rings (SSSR count). The Bertz CT molecular complexity index is 555.